The fourth-order valence-electron chi connectivity index (χ4n) is 2.57. The molecule has 0 N–H and O–H groups in total. The smallest absolute Gasteiger partial charge is 0.267 e. The lowest BCUT2D eigenvalue weighted by atomic mass is 10.2. The molecule has 0 amide bonds. The van der Waals surface area contributed by atoms with E-state index in [-0.39, 0.29) is 5.65 Å². The van der Waals surface area contributed by atoms with Crippen molar-refractivity contribution in [1.29, 1.82) is 0 Å². The topological polar surface area (TPSA) is 43.1 Å². The van der Waals surface area contributed by atoms with Crippen molar-refractivity contribution >= 4 is 28.4 Å². The van der Waals surface area contributed by atoms with Gasteiger partial charge in [-0.25, -0.2) is 4.98 Å². The normalized spacial score (nSPS) is 12.2. The van der Waals surface area contributed by atoms with E-state index in [1.807, 2.05) is 37.3 Å². The van der Waals surface area contributed by atoms with E-state index >= 15 is 0 Å². The maximum Gasteiger partial charge on any atom is 0.452 e. The minimum absolute atomic E-state index is 0.0949. The first-order chi connectivity index (χ1) is 11.9. The number of aryl methyl sites for hydroxylation is 1. The van der Waals surface area contributed by atoms with Crippen LogP contribution < -0.4 is 0 Å². The van der Waals surface area contributed by atoms with Gasteiger partial charge in [-0.2, -0.15) is 13.2 Å². The van der Waals surface area contributed by atoms with Crippen molar-refractivity contribution in [2.24, 2.45) is 0 Å². The molecule has 0 bridgehead atoms. The first-order valence-electron chi connectivity index (χ1n) is 7.39. The Labute approximate surface area is 144 Å². The number of nitrogens with zero attached hydrogens (tertiary/aromatic N) is 4. The molecule has 4 rings (SSSR count). The van der Waals surface area contributed by atoms with E-state index in [1.54, 1.807) is 18.2 Å². The van der Waals surface area contributed by atoms with Crippen LogP contribution in [0.4, 0.5) is 13.2 Å². The number of halogens is 3. The number of rotatable bonds is 2. The molecule has 2 aromatic carbocycles. The second-order valence-corrected chi connectivity index (χ2v) is 6.57. The highest BCUT2D eigenvalue weighted by atomic mass is 32.2. The SMILES string of the molecule is Cc1ccc2c(c1)nc(Sc1ccccc1)c1nnc(C(F)(F)F)n12. The van der Waals surface area contributed by atoms with Crippen molar-refractivity contribution < 1.29 is 13.2 Å². The number of hydrogen-bond acceptors (Lipinski definition) is 4. The minimum Gasteiger partial charge on any atom is -0.267 e. The van der Waals surface area contributed by atoms with E-state index in [9.17, 15) is 13.2 Å². The van der Waals surface area contributed by atoms with Crippen molar-refractivity contribution in [2.75, 3.05) is 0 Å². The Morgan fingerprint density at radius 2 is 1.76 bits per heavy atom. The molecule has 4 nitrogen and oxygen atoms in total. The van der Waals surface area contributed by atoms with Crippen LogP contribution in [0.5, 0.6) is 0 Å². The number of aromatic nitrogens is 4. The van der Waals surface area contributed by atoms with Crippen LogP contribution in [-0.4, -0.2) is 19.6 Å². The molecule has 0 aliphatic heterocycles. The summed E-state index contributed by atoms with van der Waals surface area (Å²) in [6.07, 6.45) is -4.60. The summed E-state index contributed by atoms with van der Waals surface area (Å²) in [6, 6.07) is 14.4. The maximum atomic E-state index is 13.4. The summed E-state index contributed by atoms with van der Waals surface area (Å²) in [4.78, 5) is 5.39. The Kier molecular flexibility index (Phi) is 3.64. The largest absolute Gasteiger partial charge is 0.452 e. The van der Waals surface area contributed by atoms with E-state index < -0.39 is 12.0 Å². The van der Waals surface area contributed by atoms with Crippen molar-refractivity contribution in [3.05, 3.63) is 59.9 Å². The highest BCUT2D eigenvalue weighted by Gasteiger charge is 2.38. The van der Waals surface area contributed by atoms with Crippen molar-refractivity contribution in [1.82, 2.24) is 19.6 Å². The predicted octanol–water partition coefficient (Wildman–Crippen LogP) is 4.76. The lowest BCUT2D eigenvalue weighted by Gasteiger charge is -2.10. The van der Waals surface area contributed by atoms with Crippen LogP contribution in [0.25, 0.3) is 16.7 Å². The molecule has 0 atom stereocenters. The molecule has 0 spiro atoms. The van der Waals surface area contributed by atoms with Crippen LogP contribution in [0.1, 0.15) is 11.4 Å². The number of hydrogen-bond donors (Lipinski definition) is 0. The molecule has 0 aliphatic rings. The third-order valence-electron chi connectivity index (χ3n) is 3.66. The van der Waals surface area contributed by atoms with Crippen molar-refractivity contribution in [3.8, 4) is 0 Å². The van der Waals surface area contributed by atoms with Gasteiger partial charge < -0.3 is 0 Å². The molecular formula is C17H11F3N4S. The maximum absolute atomic E-state index is 13.4. The van der Waals surface area contributed by atoms with Gasteiger partial charge in [0.2, 0.25) is 5.82 Å². The van der Waals surface area contributed by atoms with Crippen LogP contribution >= 0.6 is 11.8 Å². The zero-order chi connectivity index (χ0) is 17.6. The minimum atomic E-state index is -4.60. The third-order valence-corrected chi connectivity index (χ3v) is 4.63. The highest BCUT2D eigenvalue weighted by molar-refractivity contribution is 7.99. The van der Waals surface area contributed by atoms with Gasteiger partial charge in [0.1, 0.15) is 5.03 Å². The monoisotopic (exact) mass is 360 g/mol. The van der Waals surface area contributed by atoms with Gasteiger partial charge in [-0.3, -0.25) is 4.40 Å². The van der Waals surface area contributed by atoms with Gasteiger partial charge in [0.15, 0.2) is 5.65 Å². The lowest BCUT2D eigenvalue weighted by Crippen LogP contribution is -2.11. The fourth-order valence-corrected chi connectivity index (χ4v) is 3.46. The Morgan fingerprint density at radius 3 is 2.48 bits per heavy atom. The number of benzene rings is 2. The number of fused-ring (bicyclic) bond motifs is 3. The van der Waals surface area contributed by atoms with E-state index in [1.165, 1.54) is 11.8 Å². The second-order valence-electron chi connectivity index (χ2n) is 5.50. The molecule has 2 heterocycles. The summed E-state index contributed by atoms with van der Waals surface area (Å²) in [5.74, 6) is -1.05. The molecule has 4 aromatic rings. The van der Waals surface area contributed by atoms with Crippen LogP contribution in [0.2, 0.25) is 0 Å². The Balaban J connectivity index is 2.03. The average Bonchev–Trinajstić information content (AvgIpc) is 3.01. The van der Waals surface area contributed by atoms with E-state index in [4.69, 9.17) is 0 Å². The molecule has 0 unspecified atom stereocenters. The Hall–Kier alpha value is -2.61. The molecular weight excluding hydrogens is 349 g/mol. The van der Waals surface area contributed by atoms with E-state index in [2.05, 4.69) is 15.2 Å². The summed E-state index contributed by atoms with van der Waals surface area (Å²) < 4.78 is 41.1. The summed E-state index contributed by atoms with van der Waals surface area (Å²) >= 11 is 1.26. The fraction of sp³-hybridized carbons (Fsp3) is 0.118. The van der Waals surface area contributed by atoms with Crippen molar-refractivity contribution in [3.63, 3.8) is 0 Å². The summed E-state index contributed by atoms with van der Waals surface area (Å²) in [6.45, 7) is 1.87. The van der Waals surface area contributed by atoms with Crippen LogP contribution in [-0.2, 0) is 6.18 Å². The van der Waals surface area contributed by atoms with Gasteiger partial charge >= 0.3 is 6.18 Å². The zero-order valence-corrected chi connectivity index (χ0v) is 13.8. The quantitative estimate of drug-likeness (QED) is 0.517. The molecule has 0 fully saturated rings. The van der Waals surface area contributed by atoms with Gasteiger partial charge in [-0.1, -0.05) is 36.0 Å². The molecule has 8 heteroatoms. The number of alkyl halides is 3. The third kappa shape index (κ3) is 2.82. The van der Waals surface area contributed by atoms with Gasteiger partial charge in [-0.05, 0) is 36.8 Å². The summed E-state index contributed by atoms with van der Waals surface area (Å²) in [7, 11) is 0. The summed E-state index contributed by atoms with van der Waals surface area (Å²) in [5.41, 5.74) is 1.81. The van der Waals surface area contributed by atoms with Crippen molar-refractivity contribution in [2.45, 2.75) is 23.0 Å². The van der Waals surface area contributed by atoms with E-state index in [0.717, 1.165) is 14.9 Å². The zero-order valence-electron chi connectivity index (χ0n) is 12.9. The van der Waals surface area contributed by atoms with Gasteiger partial charge in [0.05, 0.1) is 11.0 Å². The Bertz CT molecular complexity index is 1070. The first kappa shape index (κ1) is 15.9. The molecule has 126 valence electrons. The van der Waals surface area contributed by atoms with Gasteiger partial charge in [-0.15, -0.1) is 10.2 Å². The van der Waals surface area contributed by atoms with E-state index in [0.29, 0.717) is 16.1 Å². The highest BCUT2D eigenvalue weighted by Crippen LogP contribution is 2.35. The molecule has 0 radical (unpaired) electrons. The summed E-state index contributed by atoms with van der Waals surface area (Å²) in [5, 5.41) is 7.52. The average molecular weight is 360 g/mol. The molecule has 0 saturated heterocycles. The Morgan fingerprint density at radius 1 is 1.00 bits per heavy atom. The predicted molar refractivity (Wildman–Crippen MR) is 88.6 cm³/mol. The standard InChI is InChI=1S/C17H11F3N4S/c1-10-7-8-13-12(9-10)21-15(25-11-5-3-2-4-6-11)14-22-23-16(24(13)14)17(18,19)20/h2-9H,1H3. The van der Waals surface area contributed by atoms with Gasteiger partial charge in [0, 0.05) is 4.90 Å². The lowest BCUT2D eigenvalue weighted by molar-refractivity contribution is -0.145. The molecule has 25 heavy (non-hydrogen) atoms. The van der Waals surface area contributed by atoms with Crippen LogP contribution in [0.15, 0.2) is 58.5 Å². The van der Waals surface area contributed by atoms with Crippen LogP contribution in [0, 0.1) is 6.92 Å². The second kappa shape index (κ2) is 5.73. The molecule has 2 aromatic heterocycles. The van der Waals surface area contributed by atoms with Crippen LogP contribution in [0.3, 0.4) is 0 Å². The molecule has 0 aliphatic carbocycles. The molecule has 0 saturated carbocycles. The first-order valence-corrected chi connectivity index (χ1v) is 8.21. The van der Waals surface area contributed by atoms with Gasteiger partial charge in [0.25, 0.3) is 0 Å².